The minimum absolute atomic E-state index is 0.0976. The van der Waals surface area contributed by atoms with Gasteiger partial charge in [0.2, 0.25) is 5.91 Å². The van der Waals surface area contributed by atoms with Crippen molar-refractivity contribution in [2.24, 2.45) is 0 Å². The molecule has 1 fully saturated rings. The molecule has 2 aromatic carbocycles. The number of aromatic amines is 1. The number of benzene rings is 2. The Morgan fingerprint density at radius 1 is 1.28 bits per heavy atom. The molecule has 3 aromatic rings. The molecule has 1 aliphatic heterocycles. The third-order valence-corrected chi connectivity index (χ3v) is 4.87. The number of anilines is 1. The second kappa shape index (κ2) is 7.30. The van der Waals surface area contributed by atoms with Gasteiger partial charge in [-0.3, -0.25) is 19.7 Å². The Hall–Kier alpha value is -3.82. The summed E-state index contributed by atoms with van der Waals surface area (Å²) in [5.74, 6) is -0.556. The van der Waals surface area contributed by atoms with Gasteiger partial charge in [-0.05, 0) is 30.2 Å². The number of amides is 1. The molecule has 0 bridgehead atoms. The number of nitrogens with one attached hydrogen (secondary N) is 2. The fraction of sp³-hybridized carbons (Fsp3) is 0.211. The van der Waals surface area contributed by atoms with Gasteiger partial charge in [0, 0.05) is 19.2 Å². The van der Waals surface area contributed by atoms with Gasteiger partial charge in [-0.15, -0.1) is 0 Å². The molecule has 4 rings (SSSR count). The van der Waals surface area contributed by atoms with E-state index >= 15 is 0 Å². The number of carbonyl (C=O) groups is 1. The maximum atomic E-state index is 13.0. The molecule has 1 saturated heterocycles. The van der Waals surface area contributed by atoms with Crippen LogP contribution in [-0.4, -0.2) is 38.3 Å². The Morgan fingerprint density at radius 2 is 2.03 bits per heavy atom. The number of likely N-dealkylation sites (tertiary alicyclic amines) is 1. The van der Waals surface area contributed by atoms with E-state index in [-0.39, 0.29) is 34.0 Å². The lowest BCUT2D eigenvalue weighted by atomic mass is 10.1. The van der Waals surface area contributed by atoms with E-state index in [1.54, 1.807) is 17.0 Å². The molecule has 1 atom stereocenters. The van der Waals surface area contributed by atoms with E-state index in [1.807, 2.05) is 0 Å². The van der Waals surface area contributed by atoms with Crippen LogP contribution in [0.4, 0.5) is 15.8 Å². The van der Waals surface area contributed by atoms with Gasteiger partial charge >= 0.3 is 0 Å². The van der Waals surface area contributed by atoms with Crippen molar-refractivity contribution >= 4 is 28.2 Å². The van der Waals surface area contributed by atoms with Gasteiger partial charge in [-0.25, -0.2) is 9.37 Å². The monoisotopic (exact) mass is 397 g/mol. The molecule has 0 aliphatic carbocycles. The SMILES string of the molecule is O=C1C(Nc2cc3nc[nH]c(=O)c3cc2[N+](=O)[O-])CCN1Cc1ccc(F)cc1. The van der Waals surface area contributed by atoms with Crippen molar-refractivity contribution in [2.45, 2.75) is 19.0 Å². The van der Waals surface area contributed by atoms with Crippen LogP contribution in [0.2, 0.25) is 0 Å². The molecule has 148 valence electrons. The number of nitrogens with zero attached hydrogens (tertiary/aromatic N) is 3. The van der Waals surface area contributed by atoms with Crippen molar-refractivity contribution in [3.8, 4) is 0 Å². The van der Waals surface area contributed by atoms with Crippen LogP contribution in [0.15, 0.2) is 47.5 Å². The van der Waals surface area contributed by atoms with Gasteiger partial charge in [0.15, 0.2) is 0 Å². The minimum atomic E-state index is -0.645. The van der Waals surface area contributed by atoms with Crippen LogP contribution in [0.25, 0.3) is 10.9 Å². The van der Waals surface area contributed by atoms with E-state index in [0.717, 1.165) is 11.6 Å². The summed E-state index contributed by atoms with van der Waals surface area (Å²) in [6.45, 7) is 0.793. The van der Waals surface area contributed by atoms with Crippen molar-refractivity contribution in [2.75, 3.05) is 11.9 Å². The van der Waals surface area contributed by atoms with E-state index in [2.05, 4.69) is 15.3 Å². The van der Waals surface area contributed by atoms with Crippen LogP contribution >= 0.6 is 0 Å². The van der Waals surface area contributed by atoms with Crippen molar-refractivity contribution in [1.82, 2.24) is 14.9 Å². The average molecular weight is 397 g/mol. The van der Waals surface area contributed by atoms with Gasteiger partial charge < -0.3 is 15.2 Å². The molecule has 0 saturated carbocycles. The van der Waals surface area contributed by atoms with Crippen LogP contribution in [0.1, 0.15) is 12.0 Å². The van der Waals surface area contributed by atoms with Crippen molar-refractivity contribution in [3.05, 3.63) is 74.6 Å². The highest BCUT2D eigenvalue weighted by Crippen LogP contribution is 2.30. The Labute approximate surface area is 163 Å². The van der Waals surface area contributed by atoms with Gasteiger partial charge in [0.05, 0.1) is 22.2 Å². The first-order chi connectivity index (χ1) is 13.9. The van der Waals surface area contributed by atoms with E-state index in [0.29, 0.717) is 19.5 Å². The highest BCUT2D eigenvalue weighted by molar-refractivity contribution is 5.91. The molecule has 1 amide bonds. The summed E-state index contributed by atoms with van der Waals surface area (Å²) in [7, 11) is 0. The number of nitro benzene ring substituents is 1. The lowest BCUT2D eigenvalue weighted by Gasteiger charge is -2.18. The van der Waals surface area contributed by atoms with E-state index in [1.165, 1.54) is 24.5 Å². The van der Waals surface area contributed by atoms with Crippen LogP contribution in [-0.2, 0) is 11.3 Å². The molecular weight excluding hydrogens is 381 g/mol. The summed E-state index contributed by atoms with van der Waals surface area (Å²) < 4.78 is 13.0. The first-order valence-electron chi connectivity index (χ1n) is 8.88. The first kappa shape index (κ1) is 18.5. The number of H-pyrrole nitrogens is 1. The largest absolute Gasteiger partial charge is 0.368 e. The number of fused-ring (bicyclic) bond motifs is 1. The fourth-order valence-electron chi connectivity index (χ4n) is 3.40. The van der Waals surface area contributed by atoms with Crippen molar-refractivity contribution < 1.29 is 14.1 Å². The van der Waals surface area contributed by atoms with Gasteiger partial charge in [-0.2, -0.15) is 0 Å². The number of aromatic nitrogens is 2. The number of halogens is 1. The molecule has 9 nitrogen and oxygen atoms in total. The summed E-state index contributed by atoms with van der Waals surface area (Å²) >= 11 is 0. The second-order valence-electron chi connectivity index (χ2n) is 6.75. The number of hydrogen-bond acceptors (Lipinski definition) is 6. The Morgan fingerprint density at radius 3 is 2.76 bits per heavy atom. The number of hydrogen-bond donors (Lipinski definition) is 2. The maximum absolute atomic E-state index is 13.0. The molecule has 1 aliphatic rings. The molecule has 10 heteroatoms. The summed E-state index contributed by atoms with van der Waals surface area (Å²) in [6.07, 6.45) is 1.67. The van der Waals surface area contributed by atoms with Crippen LogP contribution in [0.5, 0.6) is 0 Å². The molecule has 2 heterocycles. The zero-order valence-electron chi connectivity index (χ0n) is 15.1. The molecule has 0 radical (unpaired) electrons. The quantitative estimate of drug-likeness (QED) is 0.503. The second-order valence-corrected chi connectivity index (χ2v) is 6.75. The summed E-state index contributed by atoms with van der Waals surface area (Å²) in [4.78, 5) is 43.5. The van der Waals surface area contributed by atoms with Gasteiger partial charge in [-0.1, -0.05) is 12.1 Å². The van der Waals surface area contributed by atoms with E-state index in [9.17, 15) is 24.1 Å². The van der Waals surface area contributed by atoms with Crippen molar-refractivity contribution in [1.29, 1.82) is 0 Å². The van der Waals surface area contributed by atoms with Crippen LogP contribution < -0.4 is 10.9 Å². The molecule has 2 N–H and O–H groups in total. The third-order valence-electron chi connectivity index (χ3n) is 4.87. The number of carbonyl (C=O) groups excluding carboxylic acids is 1. The molecule has 0 spiro atoms. The highest BCUT2D eigenvalue weighted by Gasteiger charge is 2.33. The standard InChI is InChI=1S/C19H16FN5O4/c20-12-3-1-11(2-4-12)9-24-6-5-14(19(24)27)23-16-8-15-13(7-17(16)25(28)29)18(26)22-10-21-15/h1-4,7-8,10,14,23H,5-6,9H2,(H,21,22,26). The lowest BCUT2D eigenvalue weighted by Crippen LogP contribution is -2.33. The van der Waals surface area contributed by atoms with E-state index < -0.39 is 16.5 Å². The van der Waals surface area contributed by atoms with Crippen molar-refractivity contribution in [3.63, 3.8) is 0 Å². The zero-order valence-corrected chi connectivity index (χ0v) is 15.1. The predicted molar refractivity (Wildman–Crippen MR) is 103 cm³/mol. The average Bonchev–Trinajstić information content (AvgIpc) is 3.03. The Bertz CT molecular complexity index is 1160. The van der Waals surface area contributed by atoms with Crippen LogP contribution in [0.3, 0.4) is 0 Å². The molecular formula is C19H16FN5O4. The molecule has 1 aromatic heterocycles. The fourth-order valence-corrected chi connectivity index (χ4v) is 3.40. The summed E-state index contributed by atoms with van der Waals surface area (Å²) in [5.41, 5.74) is 0.423. The lowest BCUT2D eigenvalue weighted by molar-refractivity contribution is -0.383. The smallest absolute Gasteiger partial charge is 0.293 e. The highest BCUT2D eigenvalue weighted by atomic mass is 19.1. The topological polar surface area (TPSA) is 121 Å². The summed E-state index contributed by atoms with van der Waals surface area (Å²) in [5, 5.41) is 14.5. The van der Waals surface area contributed by atoms with Gasteiger partial charge in [0.1, 0.15) is 17.5 Å². The Kier molecular flexibility index (Phi) is 4.67. The maximum Gasteiger partial charge on any atom is 0.293 e. The van der Waals surface area contributed by atoms with E-state index in [4.69, 9.17) is 0 Å². The normalized spacial score (nSPS) is 16.4. The van der Waals surface area contributed by atoms with Crippen LogP contribution in [0, 0.1) is 15.9 Å². The number of nitro groups is 1. The first-order valence-corrected chi connectivity index (χ1v) is 8.88. The molecule has 1 unspecified atom stereocenters. The predicted octanol–water partition coefficient (Wildman–Crippen LogP) is 2.18. The zero-order chi connectivity index (χ0) is 20.5. The number of rotatable bonds is 5. The third kappa shape index (κ3) is 3.64. The molecule has 29 heavy (non-hydrogen) atoms. The Balaban J connectivity index is 1.57. The summed E-state index contributed by atoms with van der Waals surface area (Å²) in [6, 6.07) is 7.80. The minimum Gasteiger partial charge on any atom is -0.368 e. The van der Waals surface area contributed by atoms with Gasteiger partial charge in [0.25, 0.3) is 11.2 Å².